The predicted octanol–water partition coefficient (Wildman–Crippen LogP) is 4.02. The van der Waals surface area contributed by atoms with Crippen molar-refractivity contribution in [1.29, 1.82) is 0 Å². The van der Waals surface area contributed by atoms with Crippen molar-refractivity contribution in [3.05, 3.63) is 35.4 Å². The number of benzene rings is 1. The monoisotopic (exact) mass is 276 g/mol. The summed E-state index contributed by atoms with van der Waals surface area (Å²) in [5.41, 5.74) is 2.92. The topological polar surface area (TPSA) is 15.3 Å². The summed E-state index contributed by atoms with van der Waals surface area (Å²) in [6, 6.07) is 9.60. The van der Waals surface area contributed by atoms with Crippen LogP contribution in [0.5, 0.6) is 0 Å². The van der Waals surface area contributed by atoms with Crippen molar-refractivity contribution in [2.24, 2.45) is 0 Å². The van der Waals surface area contributed by atoms with Crippen LogP contribution in [0.15, 0.2) is 24.3 Å². The third kappa shape index (κ3) is 5.64. The molecule has 0 saturated heterocycles. The van der Waals surface area contributed by atoms with E-state index in [0.717, 1.165) is 19.6 Å². The molecule has 0 amide bonds. The van der Waals surface area contributed by atoms with E-state index in [1.807, 2.05) is 0 Å². The van der Waals surface area contributed by atoms with Crippen LogP contribution in [0.2, 0.25) is 0 Å². The first-order valence-electron chi connectivity index (χ1n) is 8.29. The maximum Gasteiger partial charge on any atom is 0.0332 e. The van der Waals surface area contributed by atoms with Gasteiger partial charge in [0.05, 0.1) is 0 Å². The van der Waals surface area contributed by atoms with Gasteiger partial charge in [-0.05, 0) is 50.1 Å². The van der Waals surface area contributed by atoms with E-state index >= 15 is 0 Å². The van der Waals surface area contributed by atoms with Crippen LogP contribution in [0.25, 0.3) is 0 Å². The predicted molar refractivity (Wildman–Crippen MR) is 89.3 cm³/mol. The zero-order chi connectivity index (χ0) is 14.8. The zero-order valence-electron chi connectivity index (χ0n) is 13.8. The molecule has 1 atom stereocenters. The molecule has 0 aliphatic carbocycles. The molecule has 1 rings (SSSR count). The lowest BCUT2D eigenvalue weighted by Gasteiger charge is -2.24. The number of hydrogen-bond acceptors (Lipinski definition) is 2. The molecule has 20 heavy (non-hydrogen) atoms. The van der Waals surface area contributed by atoms with Crippen LogP contribution in [0.4, 0.5) is 0 Å². The first kappa shape index (κ1) is 17.2. The van der Waals surface area contributed by atoms with Crippen LogP contribution in [0.1, 0.15) is 57.7 Å². The Morgan fingerprint density at radius 2 is 1.85 bits per heavy atom. The van der Waals surface area contributed by atoms with E-state index in [1.54, 1.807) is 0 Å². The van der Waals surface area contributed by atoms with Gasteiger partial charge >= 0.3 is 0 Å². The molecule has 0 heterocycles. The largest absolute Gasteiger partial charge is 0.310 e. The molecule has 0 bridgehead atoms. The highest BCUT2D eigenvalue weighted by Gasteiger charge is 2.12. The third-order valence-electron chi connectivity index (χ3n) is 3.97. The lowest BCUT2D eigenvalue weighted by Crippen LogP contribution is -2.29. The minimum atomic E-state index is 0.484. The molecule has 0 fully saturated rings. The molecule has 1 aromatic rings. The van der Waals surface area contributed by atoms with E-state index in [-0.39, 0.29) is 0 Å². The van der Waals surface area contributed by atoms with Crippen LogP contribution in [-0.2, 0) is 6.42 Å². The highest BCUT2D eigenvalue weighted by Crippen LogP contribution is 2.19. The van der Waals surface area contributed by atoms with Crippen LogP contribution in [0, 0.1) is 0 Å². The Bertz CT molecular complexity index is 358. The molecule has 1 aromatic carbocycles. The van der Waals surface area contributed by atoms with Crippen LogP contribution in [0.3, 0.4) is 0 Å². The molecule has 1 unspecified atom stereocenters. The van der Waals surface area contributed by atoms with Gasteiger partial charge in [-0.1, -0.05) is 58.4 Å². The molecule has 2 nitrogen and oxygen atoms in total. The molecule has 2 heteroatoms. The summed E-state index contributed by atoms with van der Waals surface area (Å²) in [6.45, 7) is 13.4. The van der Waals surface area contributed by atoms with E-state index in [2.05, 4.69) is 62.2 Å². The van der Waals surface area contributed by atoms with E-state index in [4.69, 9.17) is 0 Å². The summed E-state index contributed by atoms with van der Waals surface area (Å²) in [5.74, 6) is 0. The fourth-order valence-corrected chi connectivity index (χ4v) is 2.74. The summed E-state index contributed by atoms with van der Waals surface area (Å²) in [6.07, 6.45) is 3.59. The summed E-state index contributed by atoms with van der Waals surface area (Å²) in [7, 11) is 0. The van der Waals surface area contributed by atoms with Crippen LogP contribution in [-0.4, -0.2) is 31.1 Å². The van der Waals surface area contributed by atoms with Gasteiger partial charge in [-0.25, -0.2) is 0 Å². The maximum absolute atomic E-state index is 3.65. The lowest BCUT2D eigenvalue weighted by atomic mass is 9.99. The van der Waals surface area contributed by atoms with Crippen molar-refractivity contribution in [1.82, 2.24) is 10.2 Å². The smallest absolute Gasteiger partial charge is 0.0332 e. The number of aryl methyl sites for hydroxylation is 1. The quantitative estimate of drug-likeness (QED) is 0.694. The molecule has 0 aliphatic heterocycles. The van der Waals surface area contributed by atoms with Crippen molar-refractivity contribution in [2.45, 2.75) is 53.0 Å². The van der Waals surface area contributed by atoms with Gasteiger partial charge in [-0.15, -0.1) is 0 Å². The second-order valence-corrected chi connectivity index (χ2v) is 5.42. The molecule has 0 spiro atoms. The van der Waals surface area contributed by atoms with Gasteiger partial charge in [-0.3, -0.25) is 0 Å². The molecule has 0 saturated carbocycles. The van der Waals surface area contributed by atoms with Gasteiger partial charge in [0.15, 0.2) is 0 Å². The molecule has 0 aliphatic rings. The first-order chi connectivity index (χ1) is 9.74. The highest BCUT2D eigenvalue weighted by atomic mass is 15.1. The Labute approximate surface area is 125 Å². The Morgan fingerprint density at radius 1 is 1.10 bits per heavy atom. The number of rotatable bonds is 10. The number of hydrogen-bond donors (Lipinski definition) is 1. The Kier molecular flexibility index (Phi) is 8.56. The molecular formula is C18H32N2. The summed E-state index contributed by atoms with van der Waals surface area (Å²) >= 11 is 0. The fraction of sp³-hybridized carbons (Fsp3) is 0.667. The van der Waals surface area contributed by atoms with Crippen molar-refractivity contribution < 1.29 is 0 Å². The molecule has 0 aromatic heterocycles. The average molecular weight is 276 g/mol. The van der Waals surface area contributed by atoms with Crippen molar-refractivity contribution in [2.75, 3.05) is 26.2 Å². The minimum Gasteiger partial charge on any atom is -0.310 e. The SMILES string of the molecule is CCCc1cccc(C(CCN(CC)CC)NCC)c1. The van der Waals surface area contributed by atoms with E-state index in [9.17, 15) is 0 Å². The first-order valence-corrected chi connectivity index (χ1v) is 8.29. The fourth-order valence-electron chi connectivity index (χ4n) is 2.74. The van der Waals surface area contributed by atoms with Gasteiger partial charge < -0.3 is 10.2 Å². The maximum atomic E-state index is 3.65. The lowest BCUT2D eigenvalue weighted by molar-refractivity contribution is 0.282. The molecule has 1 N–H and O–H groups in total. The van der Waals surface area contributed by atoms with Gasteiger partial charge in [0.1, 0.15) is 0 Å². The molecule has 0 radical (unpaired) electrons. The Hall–Kier alpha value is -0.860. The normalized spacial score (nSPS) is 12.8. The molecule has 114 valence electrons. The summed E-state index contributed by atoms with van der Waals surface area (Å²) in [4.78, 5) is 2.50. The van der Waals surface area contributed by atoms with Gasteiger partial charge in [0.2, 0.25) is 0 Å². The second-order valence-electron chi connectivity index (χ2n) is 5.42. The number of nitrogens with one attached hydrogen (secondary N) is 1. The third-order valence-corrected chi connectivity index (χ3v) is 3.97. The van der Waals surface area contributed by atoms with Gasteiger partial charge in [0.25, 0.3) is 0 Å². The summed E-state index contributed by atoms with van der Waals surface area (Å²) < 4.78 is 0. The number of nitrogens with zero attached hydrogens (tertiary/aromatic N) is 1. The average Bonchev–Trinajstić information content (AvgIpc) is 2.48. The second kappa shape index (κ2) is 9.95. The van der Waals surface area contributed by atoms with E-state index in [1.165, 1.54) is 36.9 Å². The standard InChI is InChI=1S/C18H32N2/c1-5-10-16-11-9-12-17(15-16)18(19-6-2)13-14-20(7-3)8-4/h9,11-12,15,18-19H,5-8,10,13-14H2,1-4H3. The van der Waals surface area contributed by atoms with Crippen molar-refractivity contribution in [3.63, 3.8) is 0 Å². The van der Waals surface area contributed by atoms with Gasteiger partial charge in [-0.2, -0.15) is 0 Å². The van der Waals surface area contributed by atoms with Crippen LogP contribution >= 0.6 is 0 Å². The van der Waals surface area contributed by atoms with Crippen LogP contribution < -0.4 is 5.32 Å². The minimum absolute atomic E-state index is 0.484. The summed E-state index contributed by atoms with van der Waals surface area (Å²) in [5, 5.41) is 3.65. The Morgan fingerprint density at radius 3 is 2.45 bits per heavy atom. The zero-order valence-corrected chi connectivity index (χ0v) is 13.8. The van der Waals surface area contributed by atoms with E-state index in [0.29, 0.717) is 6.04 Å². The van der Waals surface area contributed by atoms with Gasteiger partial charge in [0, 0.05) is 6.04 Å². The van der Waals surface area contributed by atoms with Crippen molar-refractivity contribution in [3.8, 4) is 0 Å². The van der Waals surface area contributed by atoms with E-state index < -0.39 is 0 Å². The Balaban J connectivity index is 2.71. The highest BCUT2D eigenvalue weighted by molar-refractivity contribution is 5.26. The molecular weight excluding hydrogens is 244 g/mol. The van der Waals surface area contributed by atoms with Crippen molar-refractivity contribution >= 4 is 0 Å².